The summed E-state index contributed by atoms with van der Waals surface area (Å²) < 4.78 is 1.99. The molecule has 1 aliphatic heterocycles. The van der Waals surface area contributed by atoms with Gasteiger partial charge in [-0.05, 0) is 53.0 Å². The molecule has 2 aromatic heterocycles. The number of hydrogen-bond acceptors (Lipinski definition) is 5. The fourth-order valence-corrected chi connectivity index (χ4v) is 3.54. The van der Waals surface area contributed by atoms with E-state index < -0.39 is 0 Å². The van der Waals surface area contributed by atoms with E-state index in [1.54, 1.807) is 0 Å². The summed E-state index contributed by atoms with van der Waals surface area (Å²) in [7, 11) is 0. The molecular formula is C17H27N7O. The maximum Gasteiger partial charge on any atom is 0.238 e. The zero-order chi connectivity index (χ0) is 18.0. The van der Waals surface area contributed by atoms with Crippen molar-refractivity contribution in [1.29, 1.82) is 0 Å². The summed E-state index contributed by atoms with van der Waals surface area (Å²) in [5.41, 5.74) is 2.51. The van der Waals surface area contributed by atoms with E-state index in [1.807, 2.05) is 32.4 Å². The largest absolute Gasteiger partial charge is 0.322 e. The lowest BCUT2D eigenvalue weighted by Gasteiger charge is -2.32. The zero-order valence-electron chi connectivity index (χ0n) is 15.5. The van der Waals surface area contributed by atoms with Gasteiger partial charge in [0.2, 0.25) is 5.91 Å². The lowest BCUT2D eigenvalue weighted by Crippen LogP contribution is -2.41. The molecule has 3 heterocycles. The molecule has 0 aromatic carbocycles. The second-order valence-electron chi connectivity index (χ2n) is 6.99. The molecule has 1 fully saturated rings. The van der Waals surface area contributed by atoms with Crippen LogP contribution in [0.15, 0.2) is 0 Å². The molecule has 0 saturated carbocycles. The van der Waals surface area contributed by atoms with Crippen molar-refractivity contribution in [3.05, 3.63) is 23.0 Å². The molecule has 8 nitrogen and oxygen atoms in total. The number of aromatic amines is 1. The number of hydrogen-bond donors (Lipinski definition) is 2. The van der Waals surface area contributed by atoms with Crippen LogP contribution in [0.4, 0.5) is 5.69 Å². The van der Waals surface area contributed by atoms with Crippen LogP contribution < -0.4 is 5.32 Å². The maximum atomic E-state index is 12.4. The molecule has 1 aliphatic rings. The number of nitrogens with one attached hydrogen (secondary N) is 2. The monoisotopic (exact) mass is 345 g/mol. The minimum Gasteiger partial charge on any atom is -0.322 e. The van der Waals surface area contributed by atoms with Crippen LogP contribution in [0, 0.1) is 33.6 Å². The molecule has 25 heavy (non-hydrogen) atoms. The van der Waals surface area contributed by atoms with Gasteiger partial charge in [0.15, 0.2) is 0 Å². The minimum absolute atomic E-state index is 0.0148. The number of rotatable bonds is 5. The molecule has 3 rings (SSSR count). The quantitative estimate of drug-likeness (QED) is 0.858. The van der Waals surface area contributed by atoms with Crippen LogP contribution in [-0.4, -0.2) is 55.4 Å². The Morgan fingerprint density at radius 1 is 1.32 bits per heavy atom. The Bertz CT molecular complexity index is 729. The van der Waals surface area contributed by atoms with Gasteiger partial charge in [-0.25, -0.2) is 9.67 Å². The lowest BCUT2D eigenvalue weighted by atomic mass is 9.98. The highest BCUT2D eigenvalue weighted by Gasteiger charge is 2.23. The van der Waals surface area contributed by atoms with Crippen molar-refractivity contribution in [3.8, 4) is 0 Å². The molecular weight excluding hydrogens is 318 g/mol. The highest BCUT2D eigenvalue weighted by atomic mass is 16.2. The first-order chi connectivity index (χ1) is 11.9. The predicted octanol–water partition coefficient (Wildman–Crippen LogP) is 1.59. The number of carbonyl (C=O) groups is 1. The molecule has 0 bridgehead atoms. The van der Waals surface area contributed by atoms with E-state index in [0.717, 1.165) is 61.2 Å². The van der Waals surface area contributed by atoms with E-state index in [1.165, 1.54) is 0 Å². The van der Waals surface area contributed by atoms with Crippen LogP contribution in [0.1, 0.15) is 35.9 Å². The van der Waals surface area contributed by atoms with Crippen molar-refractivity contribution >= 4 is 11.6 Å². The number of likely N-dealkylation sites (tertiary alicyclic amines) is 1. The number of amides is 1. The summed E-state index contributed by atoms with van der Waals surface area (Å²) in [6, 6.07) is 0. The minimum atomic E-state index is 0.0148. The molecule has 0 unspecified atom stereocenters. The topological polar surface area (TPSA) is 91.7 Å². The smallest absolute Gasteiger partial charge is 0.238 e. The predicted molar refractivity (Wildman–Crippen MR) is 95.4 cm³/mol. The lowest BCUT2D eigenvalue weighted by molar-refractivity contribution is -0.117. The van der Waals surface area contributed by atoms with Crippen molar-refractivity contribution in [3.63, 3.8) is 0 Å². The SMILES string of the molecule is Cc1nc(C)n(C[C@H]2CCCN(CC(=O)Nc3c(C)n[nH]c3C)C2)n1. The molecule has 8 heteroatoms. The number of aromatic nitrogens is 5. The Labute approximate surface area is 148 Å². The molecule has 0 radical (unpaired) electrons. The van der Waals surface area contributed by atoms with Gasteiger partial charge in [-0.3, -0.25) is 14.8 Å². The Kier molecular flexibility index (Phi) is 5.17. The molecule has 0 spiro atoms. The summed E-state index contributed by atoms with van der Waals surface area (Å²) in [6.45, 7) is 10.9. The standard InChI is InChI=1S/C17H27N7O/c1-11-17(12(2)21-20-11)19-16(25)10-23-7-5-6-15(8-23)9-24-14(4)18-13(3)22-24/h15H,5-10H2,1-4H3,(H,19,25)(H,20,21)/t15-/m0/s1. The van der Waals surface area contributed by atoms with Crippen molar-refractivity contribution in [1.82, 2.24) is 29.9 Å². The van der Waals surface area contributed by atoms with E-state index in [4.69, 9.17) is 0 Å². The third-order valence-corrected chi connectivity index (χ3v) is 4.76. The third kappa shape index (κ3) is 4.25. The van der Waals surface area contributed by atoms with Crippen LogP contribution in [0.3, 0.4) is 0 Å². The van der Waals surface area contributed by atoms with Gasteiger partial charge in [-0.2, -0.15) is 10.2 Å². The summed E-state index contributed by atoms with van der Waals surface area (Å²) in [4.78, 5) is 19.0. The van der Waals surface area contributed by atoms with Crippen LogP contribution in [0.2, 0.25) is 0 Å². The maximum absolute atomic E-state index is 12.4. The van der Waals surface area contributed by atoms with Crippen LogP contribution in [0.5, 0.6) is 0 Å². The van der Waals surface area contributed by atoms with Gasteiger partial charge >= 0.3 is 0 Å². The molecule has 2 N–H and O–H groups in total. The van der Waals surface area contributed by atoms with Crippen LogP contribution >= 0.6 is 0 Å². The highest BCUT2D eigenvalue weighted by molar-refractivity contribution is 5.93. The normalized spacial score (nSPS) is 18.5. The van der Waals surface area contributed by atoms with Gasteiger partial charge in [-0.15, -0.1) is 0 Å². The van der Waals surface area contributed by atoms with Gasteiger partial charge in [0.25, 0.3) is 0 Å². The Hall–Kier alpha value is -2.22. The number of carbonyl (C=O) groups excluding carboxylic acids is 1. The second kappa shape index (κ2) is 7.35. The number of piperidine rings is 1. The average molecular weight is 345 g/mol. The van der Waals surface area contributed by atoms with E-state index >= 15 is 0 Å². The summed E-state index contributed by atoms with van der Waals surface area (Å²) >= 11 is 0. The second-order valence-corrected chi connectivity index (χ2v) is 6.99. The van der Waals surface area contributed by atoms with Crippen molar-refractivity contribution in [2.45, 2.75) is 47.1 Å². The van der Waals surface area contributed by atoms with Gasteiger partial charge in [0.05, 0.1) is 23.6 Å². The van der Waals surface area contributed by atoms with E-state index in [0.29, 0.717) is 12.5 Å². The average Bonchev–Trinajstić information content (AvgIpc) is 3.03. The molecule has 0 aliphatic carbocycles. The molecule has 1 atom stereocenters. The zero-order valence-corrected chi connectivity index (χ0v) is 15.5. The van der Waals surface area contributed by atoms with Gasteiger partial charge in [0, 0.05) is 13.1 Å². The molecule has 136 valence electrons. The number of nitrogens with zero attached hydrogens (tertiary/aromatic N) is 5. The summed E-state index contributed by atoms with van der Waals surface area (Å²) in [6.07, 6.45) is 2.27. The Balaban J connectivity index is 1.54. The number of anilines is 1. The van der Waals surface area contributed by atoms with Crippen molar-refractivity contribution < 1.29 is 4.79 Å². The summed E-state index contributed by atoms with van der Waals surface area (Å²) in [5.74, 6) is 2.29. The fraction of sp³-hybridized carbons (Fsp3) is 0.647. The molecule has 1 amide bonds. The molecule has 1 saturated heterocycles. The number of H-pyrrole nitrogens is 1. The Morgan fingerprint density at radius 2 is 2.12 bits per heavy atom. The van der Waals surface area contributed by atoms with Gasteiger partial charge < -0.3 is 5.32 Å². The Morgan fingerprint density at radius 3 is 2.76 bits per heavy atom. The first-order valence-electron chi connectivity index (χ1n) is 8.84. The fourth-order valence-electron chi connectivity index (χ4n) is 3.54. The summed E-state index contributed by atoms with van der Waals surface area (Å²) in [5, 5.41) is 14.4. The van der Waals surface area contributed by atoms with E-state index in [-0.39, 0.29) is 5.91 Å². The highest BCUT2D eigenvalue weighted by Crippen LogP contribution is 2.20. The van der Waals surface area contributed by atoms with Gasteiger partial charge in [-0.1, -0.05) is 0 Å². The number of aryl methyl sites for hydroxylation is 4. The third-order valence-electron chi connectivity index (χ3n) is 4.76. The first kappa shape index (κ1) is 17.6. The first-order valence-corrected chi connectivity index (χ1v) is 8.84. The van der Waals surface area contributed by atoms with Crippen molar-refractivity contribution in [2.75, 3.05) is 25.0 Å². The van der Waals surface area contributed by atoms with Crippen molar-refractivity contribution in [2.24, 2.45) is 5.92 Å². The van der Waals surface area contributed by atoms with Gasteiger partial charge in [0.1, 0.15) is 11.6 Å². The molecule has 2 aromatic rings. The van der Waals surface area contributed by atoms with Crippen LogP contribution in [-0.2, 0) is 11.3 Å². The van der Waals surface area contributed by atoms with Crippen LogP contribution in [0.25, 0.3) is 0 Å². The van der Waals surface area contributed by atoms with E-state index in [9.17, 15) is 4.79 Å². The van der Waals surface area contributed by atoms with E-state index in [2.05, 4.69) is 30.5 Å².